The third-order valence-corrected chi connectivity index (χ3v) is 5.87. The Morgan fingerprint density at radius 2 is 2.00 bits per heavy atom. The predicted octanol–water partition coefficient (Wildman–Crippen LogP) is 2.31. The first-order chi connectivity index (χ1) is 16.1. The Balaban J connectivity index is 1.60. The number of benzene rings is 1. The maximum Gasteiger partial charge on any atom is 0.416 e. The van der Waals surface area contributed by atoms with Gasteiger partial charge in [-0.05, 0) is 50.0 Å². The Morgan fingerprint density at radius 3 is 2.71 bits per heavy atom. The first kappa shape index (κ1) is 23.4. The lowest BCUT2D eigenvalue weighted by Crippen LogP contribution is -2.46. The van der Waals surface area contributed by atoms with Gasteiger partial charge in [-0.3, -0.25) is 29.1 Å². The van der Waals surface area contributed by atoms with Crippen LogP contribution in [0.4, 0.5) is 13.2 Å². The van der Waals surface area contributed by atoms with Gasteiger partial charge in [-0.1, -0.05) is 12.1 Å². The maximum absolute atomic E-state index is 13.4. The summed E-state index contributed by atoms with van der Waals surface area (Å²) >= 11 is 0. The number of nitrogens with zero attached hydrogens (tertiary/aromatic N) is 2. The normalized spacial score (nSPS) is 18.1. The van der Waals surface area contributed by atoms with Crippen molar-refractivity contribution in [3.05, 3.63) is 68.9 Å². The van der Waals surface area contributed by atoms with Gasteiger partial charge in [0, 0.05) is 18.5 Å². The lowest BCUT2D eigenvalue weighted by atomic mass is 9.94. The van der Waals surface area contributed by atoms with E-state index in [1.54, 1.807) is 13.0 Å². The summed E-state index contributed by atoms with van der Waals surface area (Å²) in [6.45, 7) is 1.51. The molecule has 1 aromatic heterocycles. The van der Waals surface area contributed by atoms with Crippen LogP contribution in [0.2, 0.25) is 0 Å². The summed E-state index contributed by atoms with van der Waals surface area (Å²) in [5.74, 6) is -1.37. The summed E-state index contributed by atoms with van der Waals surface area (Å²) in [5, 5.41) is 4.80. The predicted molar refractivity (Wildman–Crippen MR) is 115 cm³/mol. The number of allylic oxidation sites excluding steroid dienone is 1. The Bertz CT molecular complexity index is 1280. The van der Waals surface area contributed by atoms with Gasteiger partial charge in [0.05, 0.1) is 16.8 Å². The highest BCUT2D eigenvalue weighted by atomic mass is 19.4. The van der Waals surface area contributed by atoms with Crippen molar-refractivity contribution in [1.29, 1.82) is 0 Å². The van der Waals surface area contributed by atoms with Gasteiger partial charge >= 0.3 is 6.18 Å². The fraction of sp³-hybridized carbons (Fsp3) is 0.348. The molecule has 1 unspecified atom stereocenters. The molecule has 1 aliphatic heterocycles. The lowest BCUT2D eigenvalue weighted by molar-refractivity contribution is -0.138. The minimum absolute atomic E-state index is 0.0924. The van der Waals surface area contributed by atoms with E-state index in [-0.39, 0.29) is 30.5 Å². The molecule has 1 fully saturated rings. The van der Waals surface area contributed by atoms with E-state index < -0.39 is 41.1 Å². The van der Waals surface area contributed by atoms with Crippen molar-refractivity contribution in [2.45, 2.75) is 44.8 Å². The zero-order valence-corrected chi connectivity index (χ0v) is 18.2. The van der Waals surface area contributed by atoms with Crippen molar-refractivity contribution in [1.82, 2.24) is 20.2 Å². The molecule has 1 saturated heterocycles. The largest absolute Gasteiger partial charge is 0.416 e. The molecule has 2 N–H and O–H groups in total. The number of fused-ring (bicyclic) bond motifs is 1. The second kappa shape index (κ2) is 8.88. The second-order valence-corrected chi connectivity index (χ2v) is 8.15. The number of halogens is 3. The number of imide groups is 1. The molecule has 3 amide bonds. The van der Waals surface area contributed by atoms with Crippen LogP contribution in [0, 0.1) is 6.92 Å². The van der Waals surface area contributed by atoms with Crippen molar-refractivity contribution in [2.75, 3.05) is 6.54 Å². The molecule has 1 aliphatic carbocycles. The molecular formula is C23H21F3N4O4. The summed E-state index contributed by atoms with van der Waals surface area (Å²) in [6.07, 6.45) is -1.50. The van der Waals surface area contributed by atoms with Gasteiger partial charge in [-0.25, -0.2) is 4.98 Å². The number of nitrogens with one attached hydrogen (secondary N) is 2. The molecule has 1 atom stereocenters. The minimum atomic E-state index is -4.58. The molecule has 2 aromatic rings. The summed E-state index contributed by atoms with van der Waals surface area (Å²) in [7, 11) is 0. The van der Waals surface area contributed by atoms with Gasteiger partial charge < -0.3 is 5.32 Å². The molecule has 0 bridgehead atoms. The van der Waals surface area contributed by atoms with Crippen LogP contribution in [0.25, 0.3) is 5.57 Å². The van der Waals surface area contributed by atoms with Crippen LogP contribution in [0.3, 0.4) is 0 Å². The average molecular weight is 474 g/mol. The highest BCUT2D eigenvalue weighted by Crippen LogP contribution is 2.30. The monoisotopic (exact) mass is 474 g/mol. The maximum atomic E-state index is 13.4. The van der Waals surface area contributed by atoms with Crippen LogP contribution >= 0.6 is 0 Å². The van der Waals surface area contributed by atoms with E-state index in [9.17, 15) is 32.3 Å². The third kappa shape index (κ3) is 4.50. The molecule has 178 valence electrons. The molecule has 4 rings (SSSR count). The average Bonchev–Trinajstić information content (AvgIpc) is 2.78. The number of aromatic nitrogens is 2. The number of piperidine rings is 1. The van der Waals surface area contributed by atoms with E-state index in [0.717, 1.165) is 18.2 Å². The van der Waals surface area contributed by atoms with Crippen molar-refractivity contribution in [3.8, 4) is 0 Å². The van der Waals surface area contributed by atoms with Crippen molar-refractivity contribution in [2.24, 2.45) is 0 Å². The van der Waals surface area contributed by atoms with Gasteiger partial charge in [-0.2, -0.15) is 13.2 Å². The highest BCUT2D eigenvalue weighted by Gasteiger charge is 2.33. The van der Waals surface area contributed by atoms with Gasteiger partial charge in [-0.15, -0.1) is 0 Å². The minimum Gasteiger partial charge on any atom is -0.348 e. The van der Waals surface area contributed by atoms with Crippen molar-refractivity contribution < 1.29 is 27.6 Å². The van der Waals surface area contributed by atoms with E-state index in [0.29, 0.717) is 29.9 Å². The Hall–Kier alpha value is -3.76. The van der Waals surface area contributed by atoms with Crippen LogP contribution in [0.1, 0.15) is 58.3 Å². The summed E-state index contributed by atoms with van der Waals surface area (Å²) in [6, 6.07) is 3.18. The van der Waals surface area contributed by atoms with Crippen LogP contribution < -0.4 is 16.2 Å². The first-order valence-corrected chi connectivity index (χ1v) is 10.7. The van der Waals surface area contributed by atoms with Gasteiger partial charge in [0.2, 0.25) is 11.8 Å². The smallest absolute Gasteiger partial charge is 0.348 e. The number of alkyl halides is 3. The molecule has 0 radical (unpaired) electrons. The molecule has 8 nitrogen and oxygen atoms in total. The van der Waals surface area contributed by atoms with Crippen LogP contribution in [0.15, 0.2) is 35.1 Å². The summed E-state index contributed by atoms with van der Waals surface area (Å²) < 4.78 is 40.1. The fourth-order valence-corrected chi connectivity index (χ4v) is 4.26. The Kier molecular flexibility index (Phi) is 6.11. The Labute approximate surface area is 191 Å². The van der Waals surface area contributed by atoms with Crippen molar-refractivity contribution >= 4 is 23.3 Å². The lowest BCUT2D eigenvalue weighted by Gasteiger charge is -2.26. The second-order valence-electron chi connectivity index (χ2n) is 8.15. The molecular weight excluding hydrogens is 453 g/mol. The van der Waals surface area contributed by atoms with E-state index in [4.69, 9.17) is 0 Å². The van der Waals surface area contributed by atoms with Gasteiger partial charge in [0.1, 0.15) is 11.9 Å². The number of hydrogen-bond donors (Lipinski definition) is 2. The molecule has 0 spiro atoms. The van der Waals surface area contributed by atoms with E-state index >= 15 is 0 Å². The number of rotatable bonds is 4. The molecule has 1 aromatic carbocycles. The molecule has 0 saturated carbocycles. The SMILES string of the molecule is Cc1nc2c(c(=O)n1C1CCC(=O)NC1=O)C(CNC(=O)c1cccc(C(F)(F)F)c1)=CCC2. The Morgan fingerprint density at radius 1 is 1.24 bits per heavy atom. The number of hydrogen-bond acceptors (Lipinski definition) is 5. The van der Waals surface area contributed by atoms with E-state index in [1.165, 1.54) is 10.6 Å². The van der Waals surface area contributed by atoms with Crippen LogP contribution in [0.5, 0.6) is 0 Å². The zero-order chi connectivity index (χ0) is 24.6. The number of carbonyl (C=O) groups excluding carboxylic acids is 3. The molecule has 2 heterocycles. The summed E-state index contributed by atoms with van der Waals surface area (Å²) in [4.78, 5) is 54.3. The summed E-state index contributed by atoms with van der Waals surface area (Å²) in [5.41, 5.74) is -0.303. The zero-order valence-electron chi connectivity index (χ0n) is 18.2. The van der Waals surface area contributed by atoms with E-state index in [1.807, 2.05) is 0 Å². The highest BCUT2D eigenvalue weighted by molar-refractivity contribution is 5.99. The van der Waals surface area contributed by atoms with Crippen LogP contribution in [-0.2, 0) is 22.2 Å². The number of carbonyl (C=O) groups is 3. The standard InChI is InChI=1S/C23H21F3N4O4/c1-12-28-16-7-3-5-14(11-27-20(32)13-4-2-6-15(10-13)23(24,25)26)19(16)22(34)30(12)17-8-9-18(31)29-21(17)33/h2,4-6,10,17H,3,7-9,11H2,1H3,(H,27,32)(H,29,31,33). The molecule has 11 heteroatoms. The van der Waals surface area contributed by atoms with Gasteiger partial charge in [0.15, 0.2) is 0 Å². The first-order valence-electron chi connectivity index (χ1n) is 10.7. The quantitative estimate of drug-likeness (QED) is 0.661. The fourth-order valence-electron chi connectivity index (χ4n) is 4.26. The van der Waals surface area contributed by atoms with Gasteiger partial charge in [0.25, 0.3) is 11.5 Å². The number of aryl methyl sites for hydroxylation is 2. The molecule has 34 heavy (non-hydrogen) atoms. The van der Waals surface area contributed by atoms with E-state index in [2.05, 4.69) is 15.6 Å². The van der Waals surface area contributed by atoms with Crippen LogP contribution in [-0.4, -0.2) is 33.8 Å². The topological polar surface area (TPSA) is 110 Å². The molecule has 2 aliphatic rings. The number of amides is 3. The van der Waals surface area contributed by atoms with Crippen molar-refractivity contribution in [3.63, 3.8) is 0 Å². The third-order valence-electron chi connectivity index (χ3n) is 5.87.